The second kappa shape index (κ2) is 5.62. The lowest BCUT2D eigenvalue weighted by Crippen LogP contribution is -2.67. The summed E-state index contributed by atoms with van der Waals surface area (Å²) < 4.78 is 0. The molecule has 0 aromatic heterocycles. The van der Waals surface area contributed by atoms with Gasteiger partial charge in [0.2, 0.25) is 11.8 Å². The molecule has 1 saturated heterocycles. The molecule has 2 atom stereocenters. The van der Waals surface area contributed by atoms with E-state index in [0.717, 1.165) is 12.8 Å². The number of rotatable bonds is 6. The number of nitrogens with zero attached hydrogens (tertiary/aromatic N) is 1. The zero-order chi connectivity index (χ0) is 15.1. The van der Waals surface area contributed by atoms with Crippen LogP contribution in [0.25, 0.3) is 0 Å². The molecule has 2 amide bonds. The van der Waals surface area contributed by atoms with Crippen molar-refractivity contribution in [2.24, 2.45) is 17.8 Å². The van der Waals surface area contributed by atoms with Gasteiger partial charge in [-0.15, -0.1) is 0 Å². The Morgan fingerprint density at radius 3 is 2.14 bits per heavy atom. The molecule has 4 nitrogen and oxygen atoms in total. The minimum absolute atomic E-state index is 0.0642. The Bertz CT molecular complexity index is 415. The third-order valence-corrected chi connectivity index (χ3v) is 5.18. The highest BCUT2D eigenvalue weighted by Crippen LogP contribution is 2.48. The number of amides is 2. The van der Waals surface area contributed by atoms with Crippen LogP contribution >= 0.6 is 0 Å². The molecule has 0 aromatic carbocycles. The highest BCUT2D eigenvalue weighted by molar-refractivity contribution is 5.97. The minimum Gasteiger partial charge on any atom is -0.342 e. The fourth-order valence-electron chi connectivity index (χ4n) is 3.92. The number of hydrogen-bond acceptors (Lipinski definition) is 2. The van der Waals surface area contributed by atoms with Crippen molar-refractivity contribution < 1.29 is 9.59 Å². The Hall–Kier alpha value is -1.06. The predicted octanol–water partition coefficient (Wildman–Crippen LogP) is 2.33. The lowest BCUT2D eigenvalue weighted by atomic mass is 9.91. The molecule has 3 aliphatic rings. The van der Waals surface area contributed by atoms with Crippen LogP contribution in [0, 0.1) is 17.8 Å². The van der Waals surface area contributed by atoms with Crippen molar-refractivity contribution in [3.8, 4) is 0 Å². The van der Waals surface area contributed by atoms with Crippen LogP contribution in [0.4, 0.5) is 0 Å². The molecular weight excluding hydrogens is 264 g/mol. The molecule has 1 heterocycles. The fourth-order valence-corrected chi connectivity index (χ4v) is 3.92. The van der Waals surface area contributed by atoms with Crippen LogP contribution in [-0.4, -0.2) is 34.8 Å². The monoisotopic (exact) mass is 292 g/mol. The lowest BCUT2D eigenvalue weighted by molar-refractivity contribution is -0.155. The molecule has 0 bridgehead atoms. The van der Waals surface area contributed by atoms with Crippen LogP contribution in [0.15, 0.2) is 0 Å². The van der Waals surface area contributed by atoms with E-state index in [0.29, 0.717) is 17.9 Å². The summed E-state index contributed by atoms with van der Waals surface area (Å²) in [4.78, 5) is 27.6. The summed E-state index contributed by atoms with van der Waals surface area (Å²) in [5.74, 6) is 1.72. The van der Waals surface area contributed by atoms with Gasteiger partial charge in [0.1, 0.15) is 12.1 Å². The van der Waals surface area contributed by atoms with E-state index in [9.17, 15) is 9.59 Å². The molecule has 4 heteroatoms. The average Bonchev–Trinajstić information content (AvgIpc) is 3.28. The highest BCUT2D eigenvalue weighted by atomic mass is 16.2. The molecule has 2 aliphatic carbocycles. The van der Waals surface area contributed by atoms with Gasteiger partial charge < -0.3 is 10.2 Å². The van der Waals surface area contributed by atoms with Crippen molar-refractivity contribution in [1.82, 2.24) is 10.2 Å². The third-order valence-electron chi connectivity index (χ3n) is 5.18. The summed E-state index contributed by atoms with van der Waals surface area (Å²) in [6, 6.07) is -0.232. The molecule has 2 saturated carbocycles. The van der Waals surface area contributed by atoms with Crippen LogP contribution in [0.2, 0.25) is 0 Å². The molecule has 3 fully saturated rings. The van der Waals surface area contributed by atoms with Crippen molar-refractivity contribution in [3.63, 3.8) is 0 Å². The molecule has 21 heavy (non-hydrogen) atoms. The Balaban J connectivity index is 1.89. The predicted molar refractivity (Wildman–Crippen MR) is 81.5 cm³/mol. The van der Waals surface area contributed by atoms with E-state index in [1.807, 2.05) is 4.90 Å². The molecule has 1 aliphatic heterocycles. The number of nitrogens with one attached hydrogen (secondary N) is 1. The van der Waals surface area contributed by atoms with Crippen molar-refractivity contribution in [2.75, 3.05) is 0 Å². The lowest BCUT2D eigenvalue weighted by Gasteiger charge is -2.45. The summed E-state index contributed by atoms with van der Waals surface area (Å²) >= 11 is 0. The van der Waals surface area contributed by atoms with Crippen molar-refractivity contribution in [2.45, 2.75) is 77.4 Å². The van der Waals surface area contributed by atoms with E-state index in [1.165, 1.54) is 25.7 Å². The van der Waals surface area contributed by atoms with Crippen LogP contribution < -0.4 is 5.32 Å². The van der Waals surface area contributed by atoms with Gasteiger partial charge in [0.15, 0.2) is 0 Å². The number of carbonyl (C=O) groups is 2. The summed E-state index contributed by atoms with van der Waals surface area (Å²) in [6.07, 6.45) is 6.61. The van der Waals surface area contributed by atoms with Gasteiger partial charge in [-0.3, -0.25) is 9.59 Å². The number of piperazine rings is 1. The normalized spacial score (nSPS) is 30.2. The van der Waals surface area contributed by atoms with Crippen LogP contribution in [-0.2, 0) is 9.59 Å². The van der Waals surface area contributed by atoms with Crippen molar-refractivity contribution in [3.05, 3.63) is 0 Å². The summed E-state index contributed by atoms with van der Waals surface area (Å²) in [5, 5.41) is 2.97. The highest BCUT2D eigenvalue weighted by Gasteiger charge is 2.52. The first-order valence-electron chi connectivity index (χ1n) is 8.67. The van der Waals surface area contributed by atoms with E-state index in [-0.39, 0.29) is 29.8 Å². The standard InChI is InChI=1S/C17H28N2O2/c1-4-5-13-17(21)19(14(10(2)3)16(20)18-13)15(11-6-7-11)12-8-9-12/h10-15H,4-9H2,1-3H3,(H,18,20). The van der Waals surface area contributed by atoms with Gasteiger partial charge in [0.05, 0.1) is 0 Å². The van der Waals surface area contributed by atoms with Crippen LogP contribution in [0.5, 0.6) is 0 Å². The molecule has 3 rings (SSSR count). The molecule has 2 unspecified atom stereocenters. The molecule has 0 radical (unpaired) electrons. The van der Waals surface area contributed by atoms with E-state index < -0.39 is 0 Å². The van der Waals surface area contributed by atoms with Gasteiger partial charge in [0, 0.05) is 6.04 Å². The number of hydrogen-bond donors (Lipinski definition) is 1. The van der Waals surface area contributed by atoms with Gasteiger partial charge >= 0.3 is 0 Å². The summed E-state index contributed by atoms with van der Waals surface area (Å²) in [5.41, 5.74) is 0. The van der Waals surface area contributed by atoms with Crippen LogP contribution in [0.1, 0.15) is 59.3 Å². The van der Waals surface area contributed by atoms with Gasteiger partial charge in [0.25, 0.3) is 0 Å². The molecule has 0 spiro atoms. The average molecular weight is 292 g/mol. The SMILES string of the molecule is CCCC1NC(=O)C(C(C)C)N(C(C2CC2)C2CC2)C1=O. The summed E-state index contributed by atoms with van der Waals surface area (Å²) in [6.45, 7) is 6.18. The van der Waals surface area contributed by atoms with Gasteiger partial charge in [-0.05, 0) is 49.9 Å². The fraction of sp³-hybridized carbons (Fsp3) is 0.882. The first kappa shape index (κ1) is 14.9. The maximum absolute atomic E-state index is 13.0. The van der Waals surface area contributed by atoms with E-state index in [4.69, 9.17) is 0 Å². The largest absolute Gasteiger partial charge is 0.342 e. The molecule has 1 N–H and O–H groups in total. The Kier molecular flexibility index (Phi) is 3.98. The van der Waals surface area contributed by atoms with Gasteiger partial charge in [-0.2, -0.15) is 0 Å². The summed E-state index contributed by atoms with van der Waals surface area (Å²) in [7, 11) is 0. The molecule has 0 aromatic rings. The van der Waals surface area contributed by atoms with Crippen molar-refractivity contribution >= 4 is 11.8 Å². The number of carbonyl (C=O) groups excluding carboxylic acids is 2. The van der Waals surface area contributed by atoms with Gasteiger partial charge in [-0.1, -0.05) is 27.2 Å². The topological polar surface area (TPSA) is 49.4 Å². The Morgan fingerprint density at radius 2 is 1.71 bits per heavy atom. The van der Waals surface area contributed by atoms with Crippen molar-refractivity contribution in [1.29, 1.82) is 0 Å². The Morgan fingerprint density at radius 1 is 1.14 bits per heavy atom. The molecule has 118 valence electrons. The smallest absolute Gasteiger partial charge is 0.246 e. The maximum Gasteiger partial charge on any atom is 0.246 e. The van der Waals surface area contributed by atoms with E-state index in [2.05, 4.69) is 26.1 Å². The first-order valence-corrected chi connectivity index (χ1v) is 8.67. The second-order valence-electron chi connectivity index (χ2n) is 7.45. The third kappa shape index (κ3) is 2.82. The first-order chi connectivity index (χ1) is 10.0. The Labute approximate surface area is 127 Å². The minimum atomic E-state index is -0.294. The van der Waals surface area contributed by atoms with Gasteiger partial charge in [-0.25, -0.2) is 0 Å². The maximum atomic E-state index is 13.0. The second-order valence-corrected chi connectivity index (χ2v) is 7.45. The quantitative estimate of drug-likeness (QED) is 0.817. The van der Waals surface area contributed by atoms with Crippen LogP contribution in [0.3, 0.4) is 0 Å². The van der Waals surface area contributed by atoms with E-state index in [1.54, 1.807) is 0 Å². The zero-order valence-electron chi connectivity index (χ0n) is 13.5. The van der Waals surface area contributed by atoms with E-state index >= 15 is 0 Å². The molecular formula is C17H28N2O2. The zero-order valence-corrected chi connectivity index (χ0v) is 13.5.